The molecule has 0 aliphatic heterocycles. The molecule has 3 rings (SSSR count). The summed E-state index contributed by atoms with van der Waals surface area (Å²) in [5.74, 6) is 0.881. The number of nitro benzene ring substituents is 1. The molecule has 1 heterocycles. The molecule has 0 unspecified atom stereocenters. The highest BCUT2D eigenvalue weighted by atomic mass is 16.6. The van der Waals surface area contributed by atoms with Gasteiger partial charge in [0.05, 0.1) is 4.92 Å². The van der Waals surface area contributed by atoms with Gasteiger partial charge < -0.3 is 9.26 Å². The van der Waals surface area contributed by atoms with Crippen molar-refractivity contribution in [2.45, 2.75) is 26.9 Å². The van der Waals surface area contributed by atoms with Gasteiger partial charge >= 0.3 is 5.69 Å². The van der Waals surface area contributed by atoms with Gasteiger partial charge in [-0.1, -0.05) is 42.4 Å². The van der Waals surface area contributed by atoms with E-state index in [2.05, 4.69) is 17.1 Å². The van der Waals surface area contributed by atoms with Crippen LogP contribution in [0.1, 0.15) is 23.9 Å². The van der Waals surface area contributed by atoms with E-state index >= 15 is 0 Å². The summed E-state index contributed by atoms with van der Waals surface area (Å²) in [5.41, 5.74) is 2.76. The van der Waals surface area contributed by atoms with Crippen LogP contribution < -0.4 is 4.74 Å². The second-order valence-corrected chi connectivity index (χ2v) is 5.58. The first-order valence-electron chi connectivity index (χ1n) is 7.86. The Morgan fingerprint density at radius 2 is 1.96 bits per heavy atom. The molecule has 0 amide bonds. The van der Waals surface area contributed by atoms with Crippen molar-refractivity contribution in [1.29, 1.82) is 0 Å². The molecule has 0 aliphatic carbocycles. The van der Waals surface area contributed by atoms with Crippen LogP contribution in [0.3, 0.4) is 0 Å². The van der Waals surface area contributed by atoms with Gasteiger partial charge in [0.1, 0.15) is 0 Å². The van der Waals surface area contributed by atoms with Crippen LogP contribution in [0.15, 0.2) is 47.0 Å². The van der Waals surface area contributed by atoms with Gasteiger partial charge in [-0.25, -0.2) is 0 Å². The molecule has 0 spiro atoms. The Hall–Kier alpha value is -3.22. The summed E-state index contributed by atoms with van der Waals surface area (Å²) in [6, 6.07) is 12.7. The summed E-state index contributed by atoms with van der Waals surface area (Å²) < 4.78 is 10.7. The van der Waals surface area contributed by atoms with Crippen LogP contribution in [0.5, 0.6) is 5.75 Å². The van der Waals surface area contributed by atoms with Gasteiger partial charge in [-0.2, -0.15) is 4.98 Å². The highest BCUT2D eigenvalue weighted by Crippen LogP contribution is 2.28. The van der Waals surface area contributed by atoms with Crippen molar-refractivity contribution < 1.29 is 14.2 Å². The summed E-state index contributed by atoms with van der Waals surface area (Å²) in [4.78, 5) is 14.9. The number of ether oxygens (including phenoxy) is 1. The van der Waals surface area contributed by atoms with Gasteiger partial charge in [-0.15, -0.1) is 0 Å². The first-order chi connectivity index (χ1) is 12.1. The zero-order valence-electron chi connectivity index (χ0n) is 13.9. The summed E-state index contributed by atoms with van der Waals surface area (Å²) in [5, 5.41) is 15.0. The fraction of sp³-hybridized carbons (Fsp3) is 0.222. The Kier molecular flexibility index (Phi) is 4.74. The minimum Gasteiger partial charge on any atom is -0.477 e. The second kappa shape index (κ2) is 7.12. The van der Waals surface area contributed by atoms with E-state index in [1.165, 1.54) is 11.6 Å². The van der Waals surface area contributed by atoms with Crippen LogP contribution in [0.4, 0.5) is 5.69 Å². The molecule has 3 aromatic rings. The minimum atomic E-state index is -0.475. The molecule has 2 aromatic carbocycles. The van der Waals surface area contributed by atoms with Gasteiger partial charge in [0.2, 0.25) is 5.82 Å². The minimum absolute atomic E-state index is 0.0378. The van der Waals surface area contributed by atoms with E-state index < -0.39 is 4.92 Å². The van der Waals surface area contributed by atoms with Crippen LogP contribution in [0.2, 0.25) is 0 Å². The Bertz CT molecular complexity index is 888. The number of nitro groups is 1. The lowest BCUT2D eigenvalue weighted by Gasteiger charge is -2.04. The van der Waals surface area contributed by atoms with Crippen LogP contribution in [0.25, 0.3) is 11.4 Å². The largest absolute Gasteiger partial charge is 0.477 e. The zero-order valence-corrected chi connectivity index (χ0v) is 13.9. The highest BCUT2D eigenvalue weighted by Gasteiger charge is 2.17. The Labute approximate surface area is 144 Å². The molecule has 0 bridgehead atoms. The third-order valence-electron chi connectivity index (χ3n) is 3.75. The summed E-state index contributed by atoms with van der Waals surface area (Å²) in [7, 11) is 0. The second-order valence-electron chi connectivity index (χ2n) is 5.58. The van der Waals surface area contributed by atoms with E-state index in [-0.39, 0.29) is 23.9 Å². The normalized spacial score (nSPS) is 10.6. The molecule has 7 heteroatoms. The molecule has 0 atom stereocenters. The maximum absolute atomic E-state index is 11.1. The summed E-state index contributed by atoms with van der Waals surface area (Å²) in [6.45, 7) is 3.83. The van der Waals surface area contributed by atoms with Crippen LogP contribution in [-0.2, 0) is 13.0 Å². The van der Waals surface area contributed by atoms with Crippen molar-refractivity contribution in [3.8, 4) is 17.1 Å². The number of hydrogen-bond acceptors (Lipinski definition) is 6. The highest BCUT2D eigenvalue weighted by molar-refractivity contribution is 5.54. The molecule has 1 aromatic heterocycles. The fourth-order valence-corrected chi connectivity index (χ4v) is 2.35. The maximum Gasteiger partial charge on any atom is 0.311 e. The van der Waals surface area contributed by atoms with Crippen molar-refractivity contribution >= 4 is 5.69 Å². The average molecular weight is 339 g/mol. The third-order valence-corrected chi connectivity index (χ3v) is 3.75. The van der Waals surface area contributed by atoms with Gasteiger partial charge in [0.15, 0.2) is 12.4 Å². The number of hydrogen-bond donors (Lipinski definition) is 0. The monoisotopic (exact) mass is 339 g/mol. The van der Waals surface area contributed by atoms with E-state index in [0.717, 1.165) is 17.5 Å². The Morgan fingerprint density at radius 3 is 2.64 bits per heavy atom. The number of aryl methyl sites for hydroxylation is 2. The topological polar surface area (TPSA) is 91.3 Å². The first kappa shape index (κ1) is 16.6. The van der Waals surface area contributed by atoms with Crippen LogP contribution >= 0.6 is 0 Å². The summed E-state index contributed by atoms with van der Waals surface area (Å²) in [6.07, 6.45) is 0.959. The predicted molar refractivity (Wildman–Crippen MR) is 91.3 cm³/mol. The molecule has 0 N–H and O–H groups in total. The number of nitrogens with zero attached hydrogens (tertiary/aromatic N) is 3. The molecule has 0 saturated heterocycles. The van der Waals surface area contributed by atoms with E-state index in [1.54, 1.807) is 19.1 Å². The molecule has 0 fully saturated rings. The molecular weight excluding hydrogens is 322 g/mol. The third kappa shape index (κ3) is 3.82. The maximum atomic E-state index is 11.1. The Balaban J connectivity index is 1.73. The van der Waals surface area contributed by atoms with Gasteiger partial charge in [-0.3, -0.25) is 10.1 Å². The molecule has 0 radical (unpaired) electrons. The van der Waals surface area contributed by atoms with E-state index in [9.17, 15) is 10.1 Å². The smallest absolute Gasteiger partial charge is 0.311 e. The first-order valence-corrected chi connectivity index (χ1v) is 7.86. The molecule has 128 valence electrons. The molecule has 0 saturated carbocycles. The molecular formula is C18H17N3O4. The molecule has 0 aliphatic rings. The average Bonchev–Trinajstić information content (AvgIpc) is 3.09. The lowest BCUT2D eigenvalue weighted by molar-refractivity contribution is -0.386. The standard InChI is InChI=1S/C18H17N3O4/c1-3-13-5-7-14(8-6-13)18-19-17(25-20-18)11-24-16-9-4-12(2)10-15(16)21(22)23/h4-10H,3,11H2,1-2H3. The SMILES string of the molecule is CCc1ccc(-c2noc(COc3ccc(C)cc3[N+](=O)[O-])n2)cc1. The van der Waals surface area contributed by atoms with E-state index in [4.69, 9.17) is 9.26 Å². The quantitative estimate of drug-likeness (QED) is 0.496. The van der Waals surface area contributed by atoms with Gasteiger partial charge in [0.25, 0.3) is 5.89 Å². The number of rotatable bonds is 6. The van der Waals surface area contributed by atoms with Gasteiger partial charge in [-0.05, 0) is 30.5 Å². The molecule has 25 heavy (non-hydrogen) atoms. The van der Waals surface area contributed by atoms with Gasteiger partial charge in [0, 0.05) is 11.6 Å². The fourth-order valence-electron chi connectivity index (χ4n) is 2.35. The molecule has 7 nitrogen and oxygen atoms in total. The van der Waals surface area contributed by atoms with Crippen molar-refractivity contribution in [2.75, 3.05) is 0 Å². The van der Waals surface area contributed by atoms with Crippen molar-refractivity contribution in [3.63, 3.8) is 0 Å². The number of benzene rings is 2. The lowest BCUT2D eigenvalue weighted by Crippen LogP contribution is -1.99. The van der Waals surface area contributed by atoms with Crippen molar-refractivity contribution in [1.82, 2.24) is 10.1 Å². The van der Waals surface area contributed by atoms with E-state index in [0.29, 0.717) is 5.82 Å². The lowest BCUT2D eigenvalue weighted by atomic mass is 10.1. The summed E-state index contributed by atoms with van der Waals surface area (Å²) >= 11 is 0. The Morgan fingerprint density at radius 1 is 1.20 bits per heavy atom. The van der Waals surface area contributed by atoms with E-state index in [1.807, 2.05) is 24.3 Å². The predicted octanol–water partition coefficient (Wildman–Crippen LogP) is 4.09. The van der Waals surface area contributed by atoms with Crippen molar-refractivity contribution in [2.24, 2.45) is 0 Å². The van der Waals surface area contributed by atoms with Crippen LogP contribution in [-0.4, -0.2) is 15.1 Å². The van der Waals surface area contributed by atoms with Crippen LogP contribution in [0, 0.1) is 17.0 Å². The number of aromatic nitrogens is 2. The zero-order chi connectivity index (χ0) is 17.8. The van der Waals surface area contributed by atoms with Crippen molar-refractivity contribution in [3.05, 3.63) is 69.6 Å².